The van der Waals surface area contributed by atoms with Gasteiger partial charge in [0.1, 0.15) is 5.82 Å². The molecule has 8 nitrogen and oxygen atoms in total. The van der Waals surface area contributed by atoms with Gasteiger partial charge in [-0.2, -0.15) is 0 Å². The quantitative estimate of drug-likeness (QED) is 0.208. The van der Waals surface area contributed by atoms with Crippen LogP contribution in [0.3, 0.4) is 0 Å². The molecule has 3 N–H and O–H groups in total. The molecule has 0 spiro atoms. The van der Waals surface area contributed by atoms with Gasteiger partial charge in [0.05, 0.1) is 6.54 Å². The highest BCUT2D eigenvalue weighted by Gasteiger charge is 2.29. The summed E-state index contributed by atoms with van der Waals surface area (Å²) in [6, 6.07) is 4.07. The second-order valence-electron chi connectivity index (χ2n) is 7.46. The number of halogens is 1. The van der Waals surface area contributed by atoms with Crippen molar-refractivity contribution in [1.29, 1.82) is 0 Å². The number of aromatic nitrogens is 1. The third-order valence-corrected chi connectivity index (χ3v) is 5.09. The molecule has 1 saturated carbocycles. The first-order valence-electron chi connectivity index (χ1n) is 10.3. The predicted octanol–water partition coefficient (Wildman–Crippen LogP) is 1.03. The number of nitrogens with one attached hydrogen (secondary N) is 3. The molecule has 1 aromatic heterocycles. The smallest absolute Gasteiger partial charge is 0.223 e. The van der Waals surface area contributed by atoms with Gasteiger partial charge in [0, 0.05) is 63.5 Å². The molecule has 1 aromatic rings. The summed E-state index contributed by atoms with van der Waals surface area (Å²) in [7, 11) is 2.16. The number of carbonyl (C=O) groups is 1. The topological polar surface area (TPSA) is 84.9 Å². The highest BCUT2D eigenvalue weighted by molar-refractivity contribution is 14.0. The van der Waals surface area contributed by atoms with Crippen molar-refractivity contribution in [3.05, 3.63) is 23.9 Å². The first kappa shape index (κ1) is 23.7. The van der Waals surface area contributed by atoms with Crippen LogP contribution >= 0.6 is 24.0 Å². The molecule has 2 fully saturated rings. The van der Waals surface area contributed by atoms with E-state index in [-0.39, 0.29) is 35.8 Å². The normalized spacial score (nSPS) is 17.4. The van der Waals surface area contributed by atoms with Crippen LogP contribution in [0.1, 0.15) is 25.3 Å². The van der Waals surface area contributed by atoms with Crippen molar-refractivity contribution >= 4 is 41.7 Å². The van der Waals surface area contributed by atoms with Crippen LogP contribution in [0.5, 0.6) is 0 Å². The Morgan fingerprint density at radius 3 is 2.59 bits per heavy atom. The first-order valence-corrected chi connectivity index (χ1v) is 10.3. The first-order chi connectivity index (χ1) is 13.7. The van der Waals surface area contributed by atoms with Crippen molar-refractivity contribution in [2.75, 3.05) is 57.8 Å². The second kappa shape index (κ2) is 12.2. The Morgan fingerprint density at radius 2 is 1.90 bits per heavy atom. The van der Waals surface area contributed by atoms with Gasteiger partial charge < -0.3 is 25.8 Å². The Balaban J connectivity index is 0.00000300. The summed E-state index contributed by atoms with van der Waals surface area (Å²) in [5, 5.41) is 9.53. The monoisotopic (exact) mass is 515 g/mol. The fraction of sp³-hybridized carbons (Fsp3) is 0.650. The van der Waals surface area contributed by atoms with Crippen molar-refractivity contribution in [3.63, 3.8) is 0 Å². The fourth-order valence-corrected chi connectivity index (χ4v) is 3.22. The van der Waals surface area contributed by atoms with Crippen LogP contribution in [0.2, 0.25) is 0 Å². The Kier molecular flexibility index (Phi) is 9.92. The number of likely N-dealkylation sites (N-methyl/N-ethyl adjacent to an activating group) is 1. The number of amides is 1. The van der Waals surface area contributed by atoms with E-state index in [1.165, 1.54) is 0 Å². The summed E-state index contributed by atoms with van der Waals surface area (Å²) in [6.45, 7) is 8.75. The fourth-order valence-electron chi connectivity index (χ4n) is 3.22. The van der Waals surface area contributed by atoms with E-state index in [9.17, 15) is 4.79 Å². The van der Waals surface area contributed by atoms with E-state index in [0.29, 0.717) is 19.6 Å². The van der Waals surface area contributed by atoms with Crippen LogP contribution in [0.25, 0.3) is 0 Å². The van der Waals surface area contributed by atoms with Crippen molar-refractivity contribution in [2.45, 2.75) is 26.3 Å². The van der Waals surface area contributed by atoms with Crippen LogP contribution in [-0.4, -0.2) is 74.6 Å². The highest BCUT2D eigenvalue weighted by atomic mass is 127. The van der Waals surface area contributed by atoms with Gasteiger partial charge in [-0.1, -0.05) is 6.07 Å². The Labute approximate surface area is 190 Å². The summed E-state index contributed by atoms with van der Waals surface area (Å²) >= 11 is 0. The number of hydrogen-bond donors (Lipinski definition) is 3. The average Bonchev–Trinajstić information content (AvgIpc) is 3.55. The molecular formula is C20H34IN7O. The third-order valence-electron chi connectivity index (χ3n) is 5.09. The van der Waals surface area contributed by atoms with Gasteiger partial charge in [-0.25, -0.2) is 9.98 Å². The molecule has 1 saturated heterocycles. The summed E-state index contributed by atoms with van der Waals surface area (Å²) in [6.07, 6.45) is 3.92. The summed E-state index contributed by atoms with van der Waals surface area (Å²) < 4.78 is 0. The van der Waals surface area contributed by atoms with Gasteiger partial charge in [-0.05, 0) is 32.9 Å². The van der Waals surface area contributed by atoms with E-state index in [0.717, 1.165) is 62.9 Å². The summed E-state index contributed by atoms with van der Waals surface area (Å²) in [5.41, 5.74) is 1.13. The summed E-state index contributed by atoms with van der Waals surface area (Å²) in [4.78, 5) is 25.7. The van der Waals surface area contributed by atoms with E-state index in [1.807, 2.05) is 19.2 Å². The molecule has 0 unspecified atom stereocenters. The van der Waals surface area contributed by atoms with E-state index in [4.69, 9.17) is 4.99 Å². The number of rotatable bonds is 8. The third kappa shape index (κ3) is 7.61. The Hall–Kier alpha value is -1.62. The molecule has 3 rings (SSSR count). The zero-order valence-corrected chi connectivity index (χ0v) is 19.8. The maximum atomic E-state index is 11.7. The van der Waals surface area contributed by atoms with Gasteiger partial charge in [0.2, 0.25) is 5.91 Å². The molecule has 0 aromatic carbocycles. The van der Waals surface area contributed by atoms with E-state index < -0.39 is 0 Å². The van der Waals surface area contributed by atoms with E-state index in [2.05, 4.69) is 43.8 Å². The standard InChI is InChI=1S/C20H33N7O.HI/c1-3-21-20(24-10-9-23-19(28)16-6-7-16)25-15-17-5-4-8-22-18(17)27-13-11-26(2)12-14-27;/h4-5,8,16H,3,6-7,9-15H2,1-2H3,(H,23,28)(H2,21,24,25);1H. The number of pyridine rings is 1. The van der Waals surface area contributed by atoms with Crippen LogP contribution in [0.4, 0.5) is 5.82 Å². The molecule has 1 aliphatic carbocycles. The predicted molar refractivity (Wildman–Crippen MR) is 128 cm³/mol. The van der Waals surface area contributed by atoms with Crippen molar-refractivity contribution < 1.29 is 4.79 Å². The zero-order chi connectivity index (χ0) is 19.8. The van der Waals surface area contributed by atoms with Gasteiger partial charge >= 0.3 is 0 Å². The van der Waals surface area contributed by atoms with Gasteiger partial charge in [-0.3, -0.25) is 4.79 Å². The molecule has 2 aliphatic rings. The molecular weight excluding hydrogens is 481 g/mol. The minimum Gasteiger partial charge on any atom is -0.357 e. The maximum absolute atomic E-state index is 11.7. The number of hydrogen-bond acceptors (Lipinski definition) is 5. The van der Waals surface area contributed by atoms with Crippen LogP contribution in [0.15, 0.2) is 23.3 Å². The molecule has 1 amide bonds. The number of anilines is 1. The lowest BCUT2D eigenvalue weighted by molar-refractivity contribution is -0.122. The molecule has 0 bridgehead atoms. The van der Waals surface area contributed by atoms with E-state index in [1.54, 1.807) is 0 Å². The highest BCUT2D eigenvalue weighted by Crippen LogP contribution is 2.28. The van der Waals surface area contributed by atoms with E-state index >= 15 is 0 Å². The second-order valence-corrected chi connectivity index (χ2v) is 7.46. The largest absolute Gasteiger partial charge is 0.357 e. The lowest BCUT2D eigenvalue weighted by Gasteiger charge is -2.34. The van der Waals surface area contributed by atoms with Crippen LogP contribution in [-0.2, 0) is 11.3 Å². The lowest BCUT2D eigenvalue weighted by Crippen LogP contribution is -2.45. The molecule has 2 heterocycles. The van der Waals surface area contributed by atoms with Crippen molar-refractivity contribution in [1.82, 2.24) is 25.8 Å². The average molecular weight is 515 g/mol. The SMILES string of the molecule is CCNC(=NCc1cccnc1N1CCN(C)CC1)NCCNC(=O)C1CC1.I. The number of piperazine rings is 1. The Morgan fingerprint density at radius 1 is 1.17 bits per heavy atom. The minimum absolute atomic E-state index is 0. The molecule has 162 valence electrons. The number of guanidine groups is 1. The maximum Gasteiger partial charge on any atom is 0.223 e. The minimum atomic E-state index is 0. The van der Waals surface area contributed by atoms with Crippen LogP contribution < -0.4 is 20.9 Å². The van der Waals surface area contributed by atoms with Crippen LogP contribution in [0, 0.1) is 5.92 Å². The number of carbonyl (C=O) groups excluding carboxylic acids is 1. The Bertz CT molecular complexity index is 673. The van der Waals surface area contributed by atoms with Gasteiger partial charge in [0.15, 0.2) is 5.96 Å². The van der Waals surface area contributed by atoms with Gasteiger partial charge in [-0.15, -0.1) is 24.0 Å². The zero-order valence-electron chi connectivity index (χ0n) is 17.5. The lowest BCUT2D eigenvalue weighted by atomic mass is 10.2. The molecule has 0 radical (unpaired) electrons. The molecule has 9 heteroatoms. The van der Waals surface area contributed by atoms with Crippen molar-refractivity contribution in [2.24, 2.45) is 10.9 Å². The molecule has 1 aliphatic heterocycles. The van der Waals surface area contributed by atoms with Gasteiger partial charge in [0.25, 0.3) is 0 Å². The molecule has 0 atom stereocenters. The molecule has 29 heavy (non-hydrogen) atoms. The number of nitrogens with zero attached hydrogens (tertiary/aromatic N) is 4. The number of aliphatic imine (C=N–C) groups is 1. The van der Waals surface area contributed by atoms with Crippen molar-refractivity contribution in [3.8, 4) is 0 Å². The summed E-state index contributed by atoms with van der Waals surface area (Å²) in [5.74, 6) is 2.22.